The van der Waals surface area contributed by atoms with E-state index in [0.717, 1.165) is 22.4 Å². The van der Waals surface area contributed by atoms with Crippen LogP contribution in [0.4, 0.5) is 10.1 Å². The van der Waals surface area contributed by atoms with Gasteiger partial charge in [-0.2, -0.15) is 0 Å². The maximum atomic E-state index is 13.6. The van der Waals surface area contributed by atoms with Crippen molar-refractivity contribution in [2.45, 2.75) is 31.2 Å². The predicted octanol–water partition coefficient (Wildman–Crippen LogP) is 4.81. The molecule has 0 spiro atoms. The first-order valence-corrected chi connectivity index (χ1v) is 12.3. The molecular formula is C27H23FN4O2S. The number of carbonyl (C=O) groups excluding carboxylic acids is 2. The van der Waals surface area contributed by atoms with E-state index in [0.29, 0.717) is 29.7 Å². The Labute approximate surface area is 207 Å². The van der Waals surface area contributed by atoms with Gasteiger partial charge in [-0.1, -0.05) is 66.4 Å². The van der Waals surface area contributed by atoms with E-state index in [2.05, 4.69) is 5.32 Å². The van der Waals surface area contributed by atoms with Gasteiger partial charge in [-0.15, -0.1) is 0 Å². The first kappa shape index (κ1) is 23.0. The van der Waals surface area contributed by atoms with E-state index in [-0.39, 0.29) is 24.1 Å². The number of aliphatic imine (C=N–C) groups is 2. The van der Waals surface area contributed by atoms with Crippen molar-refractivity contribution < 1.29 is 14.0 Å². The smallest absolute Gasteiger partial charge is 0.259 e. The molecule has 2 aliphatic heterocycles. The lowest BCUT2D eigenvalue weighted by Crippen LogP contribution is -2.41. The Kier molecular flexibility index (Phi) is 6.72. The number of benzene rings is 3. The summed E-state index contributed by atoms with van der Waals surface area (Å²) in [6, 6.07) is 22.9. The molecule has 0 aliphatic carbocycles. The third-order valence-electron chi connectivity index (χ3n) is 5.78. The normalized spacial score (nSPS) is 16.3. The van der Waals surface area contributed by atoms with Crippen LogP contribution in [0.5, 0.6) is 0 Å². The molecule has 0 radical (unpaired) electrons. The molecule has 176 valence electrons. The summed E-state index contributed by atoms with van der Waals surface area (Å²) >= 11 is 1.36. The minimum Gasteiger partial charge on any atom is -0.352 e. The van der Waals surface area contributed by atoms with E-state index < -0.39 is 6.04 Å². The Hall–Kier alpha value is -3.78. The quantitative estimate of drug-likeness (QED) is 0.521. The molecule has 0 saturated carbocycles. The topological polar surface area (TPSA) is 74.1 Å². The Morgan fingerprint density at radius 2 is 1.77 bits per heavy atom. The standard InChI is InChI=1S/C27H23FN4O2S/c28-20-10-6-9-19(15-20)17-35-27-31-22-12-5-4-11-21(22)25-30-23(26(34)32(25)27)13-14-24(33)29-16-18-7-2-1-3-8-18/h1-12,15,23H,13-14,16-17H2,(H,29,33). The lowest BCUT2D eigenvalue weighted by atomic mass is 10.1. The van der Waals surface area contributed by atoms with E-state index in [9.17, 15) is 14.0 Å². The number of fused-ring (bicyclic) bond motifs is 3. The van der Waals surface area contributed by atoms with Crippen molar-refractivity contribution in [2.24, 2.45) is 9.98 Å². The summed E-state index contributed by atoms with van der Waals surface area (Å²) in [4.78, 5) is 36.7. The average Bonchev–Trinajstić information content (AvgIpc) is 3.22. The van der Waals surface area contributed by atoms with Crippen LogP contribution in [0.2, 0.25) is 0 Å². The van der Waals surface area contributed by atoms with Gasteiger partial charge in [0.05, 0.1) is 5.69 Å². The van der Waals surface area contributed by atoms with Crippen molar-refractivity contribution in [1.29, 1.82) is 0 Å². The molecule has 0 saturated heterocycles. The van der Waals surface area contributed by atoms with Crippen LogP contribution in [0.3, 0.4) is 0 Å². The second-order valence-electron chi connectivity index (χ2n) is 8.27. The number of thioether (sulfide) groups is 1. The fourth-order valence-electron chi connectivity index (χ4n) is 4.01. The van der Waals surface area contributed by atoms with Crippen molar-refractivity contribution in [2.75, 3.05) is 0 Å². The molecule has 1 atom stereocenters. The SMILES string of the molecule is O=C(CCC1N=C2c3ccccc3N=C(SCc3cccc(F)c3)N2C1=O)NCc1ccccc1. The maximum absolute atomic E-state index is 13.6. The van der Waals surface area contributed by atoms with Gasteiger partial charge in [-0.25, -0.2) is 14.3 Å². The minimum atomic E-state index is -0.654. The summed E-state index contributed by atoms with van der Waals surface area (Å²) in [7, 11) is 0. The van der Waals surface area contributed by atoms with E-state index in [1.807, 2.05) is 60.7 Å². The Bertz CT molecular complexity index is 1330. The maximum Gasteiger partial charge on any atom is 0.259 e. The third-order valence-corrected chi connectivity index (χ3v) is 6.79. The Balaban J connectivity index is 1.28. The first-order valence-electron chi connectivity index (χ1n) is 11.4. The van der Waals surface area contributed by atoms with E-state index in [4.69, 9.17) is 9.98 Å². The number of para-hydroxylation sites is 1. The molecule has 8 heteroatoms. The van der Waals surface area contributed by atoms with Crippen molar-refractivity contribution in [3.8, 4) is 0 Å². The number of nitrogens with zero attached hydrogens (tertiary/aromatic N) is 3. The molecule has 1 N–H and O–H groups in total. The first-order chi connectivity index (χ1) is 17.1. The molecule has 35 heavy (non-hydrogen) atoms. The fraction of sp³-hybridized carbons (Fsp3) is 0.185. The van der Waals surface area contributed by atoms with Gasteiger partial charge in [0, 0.05) is 24.3 Å². The second kappa shape index (κ2) is 10.2. The third kappa shape index (κ3) is 5.17. The lowest BCUT2D eigenvalue weighted by molar-refractivity contribution is -0.125. The monoisotopic (exact) mass is 486 g/mol. The number of carbonyl (C=O) groups is 2. The average molecular weight is 487 g/mol. The zero-order valence-electron chi connectivity index (χ0n) is 18.9. The van der Waals surface area contributed by atoms with Crippen LogP contribution < -0.4 is 5.32 Å². The summed E-state index contributed by atoms with van der Waals surface area (Å²) in [6.45, 7) is 0.444. The van der Waals surface area contributed by atoms with Crippen LogP contribution in [-0.2, 0) is 21.9 Å². The second-order valence-corrected chi connectivity index (χ2v) is 9.22. The highest BCUT2D eigenvalue weighted by Crippen LogP contribution is 2.35. The highest BCUT2D eigenvalue weighted by Gasteiger charge is 2.41. The van der Waals surface area contributed by atoms with Crippen molar-refractivity contribution >= 4 is 40.3 Å². The number of hydrogen-bond donors (Lipinski definition) is 1. The summed E-state index contributed by atoms with van der Waals surface area (Å²) in [5.74, 6) is 0.390. The molecule has 3 aromatic rings. The van der Waals surface area contributed by atoms with Gasteiger partial charge in [-0.05, 0) is 41.8 Å². The number of hydrogen-bond acceptors (Lipinski definition) is 5. The minimum absolute atomic E-state index is 0.124. The van der Waals surface area contributed by atoms with Crippen LogP contribution in [0, 0.1) is 5.82 Å². The van der Waals surface area contributed by atoms with Gasteiger partial charge in [0.1, 0.15) is 17.7 Å². The van der Waals surface area contributed by atoms with Gasteiger partial charge in [0.2, 0.25) is 5.91 Å². The van der Waals surface area contributed by atoms with E-state index in [1.54, 1.807) is 11.0 Å². The zero-order valence-corrected chi connectivity index (χ0v) is 19.7. The number of amides is 2. The summed E-state index contributed by atoms with van der Waals surface area (Å²) in [6.07, 6.45) is 0.502. The van der Waals surface area contributed by atoms with Crippen LogP contribution in [0.15, 0.2) is 88.8 Å². The van der Waals surface area contributed by atoms with E-state index >= 15 is 0 Å². The van der Waals surface area contributed by atoms with E-state index in [1.165, 1.54) is 23.9 Å². The molecule has 2 amide bonds. The zero-order chi connectivity index (χ0) is 24.2. The number of nitrogens with one attached hydrogen (secondary N) is 1. The van der Waals surface area contributed by atoms with Gasteiger partial charge in [-0.3, -0.25) is 14.6 Å². The van der Waals surface area contributed by atoms with Crippen LogP contribution in [-0.4, -0.2) is 33.8 Å². The Morgan fingerprint density at radius 3 is 2.60 bits per heavy atom. The van der Waals surface area contributed by atoms with Crippen molar-refractivity contribution in [3.63, 3.8) is 0 Å². The molecule has 2 heterocycles. The van der Waals surface area contributed by atoms with Crippen LogP contribution in [0.25, 0.3) is 0 Å². The highest BCUT2D eigenvalue weighted by molar-refractivity contribution is 8.13. The molecule has 0 bridgehead atoms. The number of halogens is 1. The van der Waals surface area contributed by atoms with Gasteiger partial charge >= 0.3 is 0 Å². The van der Waals surface area contributed by atoms with Crippen LogP contribution >= 0.6 is 11.8 Å². The molecule has 5 rings (SSSR count). The van der Waals surface area contributed by atoms with Gasteiger partial charge in [0.25, 0.3) is 5.91 Å². The summed E-state index contributed by atoms with van der Waals surface area (Å²) in [5, 5.41) is 3.40. The molecule has 0 fully saturated rings. The molecular weight excluding hydrogens is 463 g/mol. The van der Waals surface area contributed by atoms with Gasteiger partial charge < -0.3 is 5.32 Å². The number of rotatable bonds is 7. The summed E-state index contributed by atoms with van der Waals surface area (Å²) in [5.41, 5.74) is 3.33. The molecule has 1 unspecified atom stereocenters. The molecule has 6 nitrogen and oxygen atoms in total. The molecule has 3 aromatic carbocycles. The fourth-order valence-corrected chi connectivity index (χ4v) is 4.96. The lowest BCUT2D eigenvalue weighted by Gasteiger charge is -2.25. The summed E-state index contributed by atoms with van der Waals surface area (Å²) < 4.78 is 13.6. The molecule has 0 aromatic heterocycles. The molecule has 2 aliphatic rings. The predicted molar refractivity (Wildman–Crippen MR) is 136 cm³/mol. The van der Waals surface area contributed by atoms with Crippen LogP contribution in [0.1, 0.15) is 29.5 Å². The number of amidine groups is 2. The largest absolute Gasteiger partial charge is 0.352 e. The van der Waals surface area contributed by atoms with Gasteiger partial charge in [0.15, 0.2) is 5.17 Å². The Morgan fingerprint density at radius 1 is 1.00 bits per heavy atom. The van der Waals surface area contributed by atoms with Crippen molar-refractivity contribution in [1.82, 2.24) is 10.2 Å². The highest BCUT2D eigenvalue weighted by atomic mass is 32.2. The van der Waals surface area contributed by atoms with Crippen molar-refractivity contribution in [3.05, 3.63) is 101 Å².